The molecule has 12 heavy (non-hydrogen) atoms. The van der Waals surface area contributed by atoms with Crippen molar-refractivity contribution in [3.63, 3.8) is 0 Å². The number of hydrogen-bond donors (Lipinski definition) is 1. The molecule has 0 unspecified atom stereocenters. The van der Waals surface area contributed by atoms with E-state index < -0.39 is 0 Å². The average molecular weight is 174 g/mol. The van der Waals surface area contributed by atoms with Gasteiger partial charge in [-0.1, -0.05) is 5.53 Å². The molecular formula is C5H12N5O2-. The summed E-state index contributed by atoms with van der Waals surface area (Å²) in [6.45, 7) is 3.18. The van der Waals surface area contributed by atoms with Gasteiger partial charge in [0.1, 0.15) is 0 Å². The monoisotopic (exact) mass is 174 g/mol. The molecule has 0 bridgehead atoms. The van der Waals surface area contributed by atoms with E-state index in [4.69, 9.17) is 0 Å². The minimum atomic E-state index is -0.0781. The smallest absolute Gasteiger partial charge is 0.0446 e. The van der Waals surface area contributed by atoms with Gasteiger partial charge in [-0.3, -0.25) is 0 Å². The zero-order valence-corrected chi connectivity index (χ0v) is 6.93. The third-order valence-corrected chi connectivity index (χ3v) is 1.80. The van der Waals surface area contributed by atoms with Gasteiger partial charge in [-0.2, -0.15) is 5.01 Å². The molecular weight excluding hydrogens is 162 g/mol. The lowest BCUT2D eigenvalue weighted by molar-refractivity contribution is -0.617. The number of nitrogens with one attached hydrogen (secondary N) is 1. The van der Waals surface area contributed by atoms with Crippen LogP contribution in [0.3, 0.4) is 0 Å². The number of piperazine rings is 1. The second kappa shape index (κ2) is 4.07. The van der Waals surface area contributed by atoms with Crippen LogP contribution in [0.2, 0.25) is 0 Å². The first-order valence-corrected chi connectivity index (χ1v) is 3.72. The van der Waals surface area contributed by atoms with Gasteiger partial charge >= 0.3 is 0 Å². The molecule has 0 amide bonds. The molecule has 0 aromatic carbocycles. The Balaban J connectivity index is 2.26. The Morgan fingerprint density at radius 1 is 1.33 bits per heavy atom. The molecule has 1 heterocycles. The molecule has 0 spiro atoms. The summed E-state index contributed by atoms with van der Waals surface area (Å²) in [6, 6.07) is 0. The zero-order chi connectivity index (χ0) is 8.97. The average Bonchev–Trinajstić information content (AvgIpc) is 2.09. The van der Waals surface area contributed by atoms with Crippen molar-refractivity contribution >= 4 is 0 Å². The van der Waals surface area contributed by atoms with E-state index >= 15 is 0 Å². The van der Waals surface area contributed by atoms with Gasteiger partial charge in [0.25, 0.3) is 0 Å². The summed E-state index contributed by atoms with van der Waals surface area (Å²) in [5.74, 6) is 0. The second-order valence-corrected chi connectivity index (χ2v) is 2.74. The van der Waals surface area contributed by atoms with Crippen LogP contribution in [0.1, 0.15) is 0 Å². The molecule has 7 heteroatoms. The maximum atomic E-state index is 10.4. The Labute approximate surface area is 70.4 Å². The van der Waals surface area contributed by atoms with Crippen molar-refractivity contribution in [1.29, 1.82) is 0 Å². The van der Waals surface area contributed by atoms with Crippen LogP contribution in [0.25, 0.3) is 0 Å². The minimum absolute atomic E-state index is 0.0781. The predicted octanol–water partition coefficient (Wildman–Crippen LogP) is -0.886. The molecule has 1 aliphatic heterocycles. The number of nitrogens with zero attached hydrogens (tertiary/aromatic N) is 4. The fraction of sp³-hybridized carbons (Fsp3) is 1.00. The van der Waals surface area contributed by atoms with Crippen molar-refractivity contribution in [2.75, 3.05) is 33.2 Å². The molecule has 1 N–H and O–H groups in total. The maximum absolute atomic E-state index is 10.4. The van der Waals surface area contributed by atoms with E-state index in [1.165, 1.54) is 0 Å². The van der Waals surface area contributed by atoms with Crippen LogP contribution in [-0.4, -0.2) is 48.1 Å². The van der Waals surface area contributed by atoms with Crippen LogP contribution in [0.15, 0.2) is 5.28 Å². The second-order valence-electron chi connectivity index (χ2n) is 2.74. The standard InChI is InChI=1S/C5H13N5O2/c1-8-2-4-9(5-3-8)6-10(12)7-11/h11H,2-5H2,1H3,(H,6,7)/p-1. The summed E-state index contributed by atoms with van der Waals surface area (Å²) < 4.78 is 0. The van der Waals surface area contributed by atoms with Crippen molar-refractivity contribution < 1.29 is 4.97 Å². The van der Waals surface area contributed by atoms with Crippen LogP contribution >= 0.6 is 0 Å². The summed E-state index contributed by atoms with van der Waals surface area (Å²) in [5.41, 5.74) is 2.29. The summed E-state index contributed by atoms with van der Waals surface area (Å²) in [4.78, 5) is 2.06. The third kappa shape index (κ3) is 2.51. The molecule has 0 aliphatic carbocycles. The lowest BCUT2D eigenvalue weighted by atomic mass is 10.4. The maximum Gasteiger partial charge on any atom is 0.0446 e. The Morgan fingerprint density at radius 3 is 2.42 bits per heavy atom. The normalized spacial score (nSPS) is 22.6. The van der Waals surface area contributed by atoms with Crippen molar-refractivity contribution in [2.24, 2.45) is 5.28 Å². The Kier molecular flexibility index (Phi) is 3.06. The van der Waals surface area contributed by atoms with Crippen LogP contribution in [-0.2, 0) is 0 Å². The van der Waals surface area contributed by atoms with Gasteiger partial charge in [-0.15, -0.1) is 0 Å². The lowest BCUT2D eigenvalue weighted by Crippen LogP contribution is -2.52. The molecule has 0 aromatic rings. The molecule has 1 fully saturated rings. The summed E-state index contributed by atoms with van der Waals surface area (Å²) >= 11 is 0. The van der Waals surface area contributed by atoms with Crippen LogP contribution in [0.4, 0.5) is 0 Å². The highest BCUT2D eigenvalue weighted by atomic mass is 16.6. The Bertz CT molecular complexity index is 165. The van der Waals surface area contributed by atoms with E-state index in [0.717, 1.165) is 13.1 Å². The highest BCUT2D eigenvalue weighted by Gasteiger charge is 2.15. The SMILES string of the molecule is CN1CCN(N/[N+]([O-])=N/[O-])CC1. The van der Waals surface area contributed by atoms with Gasteiger partial charge < -0.3 is 15.3 Å². The van der Waals surface area contributed by atoms with E-state index in [1.54, 1.807) is 5.01 Å². The van der Waals surface area contributed by atoms with Gasteiger partial charge in [0.15, 0.2) is 0 Å². The number of hydrazine groups is 2. The molecule has 7 nitrogen and oxygen atoms in total. The highest BCUT2D eigenvalue weighted by Crippen LogP contribution is 1.94. The van der Waals surface area contributed by atoms with Gasteiger partial charge in [-0.25, -0.2) is 0 Å². The van der Waals surface area contributed by atoms with E-state index in [2.05, 4.69) is 15.7 Å². The largest absolute Gasteiger partial charge is 0.737 e. The van der Waals surface area contributed by atoms with Gasteiger partial charge in [0.05, 0.1) is 0 Å². The summed E-state index contributed by atoms with van der Waals surface area (Å²) in [5, 5.41) is 24.0. The summed E-state index contributed by atoms with van der Waals surface area (Å²) in [7, 11) is 2.00. The molecule has 70 valence electrons. The van der Waals surface area contributed by atoms with Crippen molar-refractivity contribution in [3.8, 4) is 0 Å². The van der Waals surface area contributed by atoms with Crippen LogP contribution in [0.5, 0.6) is 0 Å². The molecule has 0 aromatic heterocycles. The lowest BCUT2D eigenvalue weighted by Gasteiger charge is -2.30. The molecule has 1 rings (SSSR count). The first-order chi connectivity index (χ1) is 5.72. The molecule has 0 radical (unpaired) electrons. The van der Waals surface area contributed by atoms with Gasteiger partial charge in [0.2, 0.25) is 0 Å². The first-order valence-electron chi connectivity index (χ1n) is 3.72. The Morgan fingerprint density at radius 2 is 1.92 bits per heavy atom. The zero-order valence-electron chi connectivity index (χ0n) is 6.93. The highest BCUT2D eigenvalue weighted by molar-refractivity contribution is 4.63. The predicted molar refractivity (Wildman–Crippen MR) is 41.6 cm³/mol. The Hall–Kier alpha value is -1.08. The molecule has 1 saturated heterocycles. The summed E-state index contributed by atoms with van der Waals surface area (Å²) in [6.07, 6.45) is 0. The molecule has 0 saturated carbocycles. The number of hydrogen-bond acceptors (Lipinski definition) is 5. The fourth-order valence-corrected chi connectivity index (χ4v) is 1.05. The number of rotatable bonds is 2. The van der Waals surface area contributed by atoms with E-state index in [-0.39, 0.29) is 4.97 Å². The fourth-order valence-electron chi connectivity index (χ4n) is 1.05. The third-order valence-electron chi connectivity index (χ3n) is 1.80. The van der Waals surface area contributed by atoms with Gasteiger partial charge in [0, 0.05) is 31.1 Å². The number of likely N-dealkylation sites (N-methyl/N-ethyl adjacent to an activating group) is 1. The first kappa shape index (κ1) is 9.01. The van der Waals surface area contributed by atoms with Crippen molar-refractivity contribution in [2.45, 2.75) is 0 Å². The topological polar surface area (TPSA) is 80.0 Å². The van der Waals surface area contributed by atoms with Crippen LogP contribution in [0, 0.1) is 10.4 Å². The minimum Gasteiger partial charge on any atom is -0.737 e. The quantitative estimate of drug-likeness (QED) is 0.334. The van der Waals surface area contributed by atoms with Crippen molar-refractivity contribution in [1.82, 2.24) is 15.4 Å². The molecule has 0 atom stereocenters. The van der Waals surface area contributed by atoms with E-state index in [1.807, 2.05) is 7.05 Å². The van der Waals surface area contributed by atoms with Crippen molar-refractivity contribution in [3.05, 3.63) is 10.4 Å². The molecule has 1 aliphatic rings. The van der Waals surface area contributed by atoms with E-state index in [9.17, 15) is 10.4 Å². The van der Waals surface area contributed by atoms with Gasteiger partial charge in [-0.05, 0) is 12.3 Å². The van der Waals surface area contributed by atoms with Crippen LogP contribution < -0.4 is 5.53 Å². The van der Waals surface area contributed by atoms with E-state index in [0.29, 0.717) is 13.1 Å².